The molecule has 0 radical (unpaired) electrons. The molecule has 1 unspecified atom stereocenters. The Balaban J connectivity index is 2.85. The van der Waals surface area contributed by atoms with E-state index in [1.807, 2.05) is 0 Å². The average molecular weight is 296 g/mol. The Bertz CT molecular complexity index is 555. The number of carbonyl (C=O) groups is 1. The topological polar surface area (TPSA) is 105 Å². The molecule has 0 aliphatic heterocycles. The number of nitrogens with two attached hydrogens (primary N) is 1. The molecule has 116 valence electrons. The van der Waals surface area contributed by atoms with Gasteiger partial charge in [-0.1, -0.05) is 6.07 Å². The fraction of sp³-hybridized carbons (Fsp3) is 0.500. The van der Waals surface area contributed by atoms with E-state index in [1.54, 1.807) is 19.9 Å². The molecule has 0 spiro atoms. The smallest absolute Gasteiger partial charge is 0.325 e. The maximum Gasteiger partial charge on any atom is 0.325 e. The number of benzene rings is 1. The number of aryl methyl sites for hydroxylation is 2. The molecule has 7 heteroatoms. The van der Waals surface area contributed by atoms with Crippen molar-refractivity contribution in [2.75, 3.05) is 13.7 Å². The first kappa shape index (κ1) is 16.9. The minimum atomic E-state index is -1.19. The number of nitro benzene ring substituents is 1. The highest BCUT2D eigenvalue weighted by atomic mass is 16.6. The van der Waals surface area contributed by atoms with Gasteiger partial charge in [0.15, 0.2) is 5.75 Å². The molecule has 1 atom stereocenters. The van der Waals surface area contributed by atoms with Gasteiger partial charge in [0.2, 0.25) is 0 Å². The second-order valence-corrected chi connectivity index (χ2v) is 5.19. The lowest BCUT2D eigenvalue weighted by atomic mass is 10.0. The monoisotopic (exact) mass is 296 g/mol. The van der Waals surface area contributed by atoms with Gasteiger partial charge in [0.1, 0.15) is 5.54 Å². The fourth-order valence-electron chi connectivity index (χ4n) is 1.96. The highest BCUT2D eigenvalue weighted by molar-refractivity contribution is 5.79. The number of hydrogen-bond acceptors (Lipinski definition) is 6. The van der Waals surface area contributed by atoms with E-state index >= 15 is 0 Å². The van der Waals surface area contributed by atoms with Crippen LogP contribution in [0.5, 0.6) is 5.75 Å². The first-order valence-corrected chi connectivity index (χ1v) is 6.44. The van der Waals surface area contributed by atoms with Gasteiger partial charge in [-0.05, 0) is 31.9 Å². The van der Waals surface area contributed by atoms with Gasteiger partial charge in [0, 0.05) is 12.5 Å². The van der Waals surface area contributed by atoms with Crippen molar-refractivity contribution in [2.24, 2.45) is 5.73 Å². The van der Waals surface area contributed by atoms with E-state index in [0.717, 1.165) is 5.56 Å². The highest BCUT2D eigenvalue weighted by Crippen LogP contribution is 2.32. The number of ether oxygens (including phenoxy) is 2. The van der Waals surface area contributed by atoms with E-state index in [2.05, 4.69) is 4.74 Å². The Hall–Kier alpha value is -2.15. The summed E-state index contributed by atoms with van der Waals surface area (Å²) in [6, 6.07) is 3.24. The number of esters is 1. The van der Waals surface area contributed by atoms with Gasteiger partial charge in [0.25, 0.3) is 0 Å². The Morgan fingerprint density at radius 1 is 1.43 bits per heavy atom. The molecule has 0 heterocycles. The molecule has 0 bridgehead atoms. The summed E-state index contributed by atoms with van der Waals surface area (Å²) in [7, 11) is 1.25. The molecule has 0 aromatic heterocycles. The minimum Gasteiger partial charge on any atom is -0.487 e. The molecule has 1 aromatic carbocycles. The zero-order valence-corrected chi connectivity index (χ0v) is 12.6. The van der Waals surface area contributed by atoms with Gasteiger partial charge in [-0.3, -0.25) is 14.9 Å². The molecule has 1 aromatic rings. The lowest BCUT2D eigenvalue weighted by molar-refractivity contribution is -0.386. The van der Waals surface area contributed by atoms with Gasteiger partial charge >= 0.3 is 11.7 Å². The van der Waals surface area contributed by atoms with Crippen LogP contribution >= 0.6 is 0 Å². The average Bonchev–Trinajstić information content (AvgIpc) is 2.39. The molecule has 0 saturated heterocycles. The van der Waals surface area contributed by atoms with Crippen LogP contribution in [0.2, 0.25) is 0 Å². The molecule has 21 heavy (non-hydrogen) atoms. The predicted octanol–water partition coefficient (Wildman–Crippen LogP) is 1.87. The van der Waals surface area contributed by atoms with Gasteiger partial charge in [-0.25, -0.2) is 0 Å². The van der Waals surface area contributed by atoms with Crippen LogP contribution in [0.4, 0.5) is 5.69 Å². The molecule has 0 fully saturated rings. The quantitative estimate of drug-likeness (QED) is 0.488. The predicted molar refractivity (Wildman–Crippen MR) is 77.3 cm³/mol. The van der Waals surface area contributed by atoms with Gasteiger partial charge in [0.05, 0.1) is 18.6 Å². The second kappa shape index (κ2) is 6.53. The summed E-state index contributed by atoms with van der Waals surface area (Å²) >= 11 is 0. The SMILES string of the molecule is COC(=O)C(C)(N)CCOc1c(C)cc(C)cc1[N+](=O)[O-]. The van der Waals surface area contributed by atoms with Crippen LogP contribution in [0.25, 0.3) is 0 Å². The number of rotatable bonds is 6. The van der Waals surface area contributed by atoms with Crippen LogP contribution in [0.15, 0.2) is 12.1 Å². The second-order valence-electron chi connectivity index (χ2n) is 5.19. The van der Waals surface area contributed by atoms with Crippen LogP contribution in [0, 0.1) is 24.0 Å². The number of nitrogens with zero attached hydrogens (tertiary/aromatic N) is 1. The molecule has 0 saturated carbocycles. The van der Waals surface area contributed by atoms with Gasteiger partial charge in [-0.2, -0.15) is 0 Å². The third kappa shape index (κ3) is 4.16. The summed E-state index contributed by atoms with van der Waals surface area (Å²) in [6.07, 6.45) is 0.185. The first-order chi connectivity index (χ1) is 9.69. The fourth-order valence-corrected chi connectivity index (χ4v) is 1.96. The summed E-state index contributed by atoms with van der Waals surface area (Å²) in [5.41, 5.74) is 5.97. The molecule has 7 nitrogen and oxygen atoms in total. The van der Waals surface area contributed by atoms with Crippen molar-refractivity contribution in [3.63, 3.8) is 0 Å². The van der Waals surface area contributed by atoms with Crippen LogP contribution in [-0.4, -0.2) is 30.1 Å². The number of carbonyl (C=O) groups excluding carboxylic acids is 1. The van der Waals surface area contributed by atoms with Crippen LogP contribution < -0.4 is 10.5 Å². The Morgan fingerprint density at radius 3 is 2.57 bits per heavy atom. The van der Waals surface area contributed by atoms with Crippen LogP contribution in [0.1, 0.15) is 24.5 Å². The highest BCUT2D eigenvalue weighted by Gasteiger charge is 2.30. The lowest BCUT2D eigenvalue weighted by Crippen LogP contribution is -2.46. The number of nitro groups is 1. The first-order valence-electron chi connectivity index (χ1n) is 6.44. The number of hydrogen-bond donors (Lipinski definition) is 1. The molecule has 0 aliphatic carbocycles. The summed E-state index contributed by atoms with van der Waals surface area (Å²) < 4.78 is 10.1. The van der Waals surface area contributed by atoms with Crippen molar-refractivity contribution in [3.05, 3.63) is 33.4 Å². The van der Waals surface area contributed by atoms with E-state index < -0.39 is 16.4 Å². The minimum absolute atomic E-state index is 0.0762. The zero-order valence-electron chi connectivity index (χ0n) is 12.6. The summed E-state index contributed by atoms with van der Waals surface area (Å²) in [5.74, 6) is -0.354. The van der Waals surface area contributed by atoms with Crippen molar-refractivity contribution in [1.82, 2.24) is 0 Å². The summed E-state index contributed by atoms with van der Waals surface area (Å²) in [4.78, 5) is 22.0. The summed E-state index contributed by atoms with van der Waals surface area (Å²) in [5, 5.41) is 11.1. The molecular formula is C14H20N2O5. The lowest BCUT2D eigenvalue weighted by Gasteiger charge is -2.21. The Labute approximate surface area is 123 Å². The standard InChI is InChI=1S/C14H20N2O5/c1-9-7-10(2)12(11(8-9)16(18)19)21-6-5-14(3,15)13(17)20-4/h7-8H,5-6,15H2,1-4H3. The molecule has 0 amide bonds. The van der Waals surface area contributed by atoms with E-state index in [9.17, 15) is 14.9 Å². The normalized spacial score (nSPS) is 13.4. The van der Waals surface area contributed by atoms with E-state index in [1.165, 1.54) is 20.1 Å². The Kier molecular flexibility index (Phi) is 5.26. The zero-order chi connectivity index (χ0) is 16.2. The van der Waals surface area contributed by atoms with Crippen LogP contribution in [-0.2, 0) is 9.53 Å². The van der Waals surface area contributed by atoms with E-state index in [0.29, 0.717) is 5.56 Å². The van der Waals surface area contributed by atoms with E-state index in [-0.39, 0.29) is 24.5 Å². The van der Waals surface area contributed by atoms with Crippen molar-refractivity contribution < 1.29 is 19.2 Å². The maximum atomic E-state index is 11.5. The van der Waals surface area contributed by atoms with Gasteiger partial charge in [-0.15, -0.1) is 0 Å². The molecule has 2 N–H and O–H groups in total. The molecular weight excluding hydrogens is 276 g/mol. The third-order valence-corrected chi connectivity index (χ3v) is 3.12. The van der Waals surface area contributed by atoms with Crippen LogP contribution in [0.3, 0.4) is 0 Å². The largest absolute Gasteiger partial charge is 0.487 e. The molecule has 1 rings (SSSR count). The van der Waals surface area contributed by atoms with Crippen molar-refractivity contribution in [3.8, 4) is 5.75 Å². The van der Waals surface area contributed by atoms with Crippen molar-refractivity contribution in [1.29, 1.82) is 0 Å². The maximum absolute atomic E-state index is 11.5. The van der Waals surface area contributed by atoms with Crippen molar-refractivity contribution in [2.45, 2.75) is 32.7 Å². The van der Waals surface area contributed by atoms with E-state index in [4.69, 9.17) is 10.5 Å². The molecule has 0 aliphatic rings. The van der Waals surface area contributed by atoms with Crippen molar-refractivity contribution >= 4 is 11.7 Å². The van der Waals surface area contributed by atoms with Gasteiger partial charge < -0.3 is 15.2 Å². The number of methoxy groups -OCH3 is 1. The Morgan fingerprint density at radius 2 is 2.05 bits per heavy atom. The summed E-state index contributed by atoms with van der Waals surface area (Å²) in [6.45, 7) is 5.11. The third-order valence-electron chi connectivity index (χ3n) is 3.12.